The largest absolute Gasteiger partial charge is 0.321 e. The van der Waals surface area contributed by atoms with Gasteiger partial charge in [-0.05, 0) is 36.6 Å². The third-order valence-corrected chi connectivity index (χ3v) is 3.48. The number of hydrogen-bond donors (Lipinski definition) is 1. The van der Waals surface area contributed by atoms with E-state index in [1.54, 1.807) is 0 Å². The molecule has 0 aromatic heterocycles. The maximum absolute atomic E-state index is 13.7. The summed E-state index contributed by atoms with van der Waals surface area (Å²) in [6, 6.07) is 9.96. The summed E-state index contributed by atoms with van der Waals surface area (Å²) in [7, 11) is 0. The van der Waals surface area contributed by atoms with Crippen molar-refractivity contribution in [3.05, 3.63) is 63.9 Å². The fourth-order valence-electron chi connectivity index (χ4n) is 2.09. The maximum atomic E-state index is 13.7. The van der Waals surface area contributed by atoms with E-state index in [1.165, 1.54) is 18.2 Å². The minimum Gasteiger partial charge on any atom is -0.321 e. The van der Waals surface area contributed by atoms with Crippen LogP contribution in [0.15, 0.2) is 36.4 Å². The lowest BCUT2D eigenvalue weighted by Gasteiger charge is -2.13. The zero-order valence-corrected chi connectivity index (χ0v) is 12.1. The van der Waals surface area contributed by atoms with Crippen LogP contribution in [0.5, 0.6) is 0 Å². The fourth-order valence-corrected chi connectivity index (χ4v) is 2.34. The molecule has 0 spiro atoms. The summed E-state index contributed by atoms with van der Waals surface area (Å²) < 4.78 is 13.7. The van der Waals surface area contributed by atoms with E-state index in [1.807, 2.05) is 32.0 Å². The molecule has 20 heavy (non-hydrogen) atoms. The number of hydrogen-bond acceptors (Lipinski definition) is 1. The van der Waals surface area contributed by atoms with Crippen molar-refractivity contribution in [1.82, 2.24) is 0 Å². The van der Waals surface area contributed by atoms with Gasteiger partial charge in [-0.15, -0.1) is 0 Å². The maximum Gasteiger partial charge on any atom is 0.260 e. The Balaban J connectivity index is 2.38. The van der Waals surface area contributed by atoms with Crippen molar-refractivity contribution in [2.45, 2.75) is 20.3 Å². The molecule has 1 amide bonds. The Labute approximate surface area is 122 Å². The monoisotopic (exact) mass is 291 g/mol. The number of para-hydroxylation sites is 1. The van der Waals surface area contributed by atoms with E-state index in [0.29, 0.717) is 0 Å². The average molecular weight is 292 g/mol. The van der Waals surface area contributed by atoms with E-state index in [4.69, 9.17) is 11.6 Å². The highest BCUT2D eigenvalue weighted by molar-refractivity contribution is 6.34. The lowest BCUT2D eigenvalue weighted by molar-refractivity contribution is 0.102. The zero-order chi connectivity index (χ0) is 14.7. The number of halogens is 2. The van der Waals surface area contributed by atoms with Gasteiger partial charge >= 0.3 is 0 Å². The smallest absolute Gasteiger partial charge is 0.260 e. The summed E-state index contributed by atoms with van der Waals surface area (Å²) >= 11 is 5.90. The predicted molar refractivity (Wildman–Crippen MR) is 79.9 cm³/mol. The minimum atomic E-state index is -0.623. The normalized spacial score (nSPS) is 10.4. The van der Waals surface area contributed by atoms with Gasteiger partial charge in [0, 0.05) is 5.69 Å². The van der Waals surface area contributed by atoms with Gasteiger partial charge < -0.3 is 5.32 Å². The number of amides is 1. The topological polar surface area (TPSA) is 29.1 Å². The Morgan fingerprint density at radius 3 is 2.60 bits per heavy atom. The summed E-state index contributed by atoms with van der Waals surface area (Å²) in [6.07, 6.45) is 0.780. The van der Waals surface area contributed by atoms with E-state index in [-0.39, 0.29) is 10.6 Å². The lowest BCUT2D eigenvalue weighted by atomic mass is 10.1. The first-order chi connectivity index (χ1) is 9.54. The SMILES string of the molecule is CCc1cccc(C)c1NC(=O)c1c(F)cccc1Cl. The molecule has 0 radical (unpaired) electrons. The summed E-state index contributed by atoms with van der Waals surface area (Å²) in [5, 5.41) is 2.87. The number of benzene rings is 2. The highest BCUT2D eigenvalue weighted by atomic mass is 35.5. The standard InChI is InChI=1S/C16H15ClFNO/c1-3-11-7-4-6-10(2)15(11)19-16(20)14-12(17)8-5-9-13(14)18/h4-9H,3H2,1-2H3,(H,19,20). The summed E-state index contributed by atoms with van der Waals surface area (Å²) in [5.74, 6) is -1.15. The van der Waals surface area contributed by atoms with E-state index < -0.39 is 11.7 Å². The number of carbonyl (C=O) groups excluding carboxylic acids is 1. The molecule has 2 aromatic rings. The third kappa shape index (κ3) is 2.83. The van der Waals surface area contributed by atoms with E-state index in [0.717, 1.165) is 23.2 Å². The predicted octanol–water partition coefficient (Wildman–Crippen LogP) is 4.60. The molecule has 0 unspecified atom stereocenters. The van der Waals surface area contributed by atoms with Crippen molar-refractivity contribution >= 4 is 23.2 Å². The molecule has 0 saturated heterocycles. The summed E-state index contributed by atoms with van der Waals surface area (Å²) in [4.78, 5) is 12.2. The molecular weight excluding hydrogens is 277 g/mol. The van der Waals surface area contributed by atoms with Gasteiger partial charge in [-0.1, -0.05) is 42.8 Å². The van der Waals surface area contributed by atoms with Gasteiger partial charge in [-0.25, -0.2) is 4.39 Å². The van der Waals surface area contributed by atoms with Gasteiger partial charge in [0.2, 0.25) is 0 Å². The van der Waals surface area contributed by atoms with Crippen LogP contribution in [-0.4, -0.2) is 5.91 Å². The van der Waals surface area contributed by atoms with Gasteiger partial charge in [0.15, 0.2) is 0 Å². The van der Waals surface area contributed by atoms with E-state index >= 15 is 0 Å². The zero-order valence-electron chi connectivity index (χ0n) is 11.3. The number of carbonyl (C=O) groups is 1. The quantitative estimate of drug-likeness (QED) is 0.879. The van der Waals surface area contributed by atoms with Crippen LogP contribution in [0.3, 0.4) is 0 Å². The molecule has 2 aromatic carbocycles. The van der Waals surface area contributed by atoms with Crippen molar-refractivity contribution < 1.29 is 9.18 Å². The number of nitrogens with one attached hydrogen (secondary N) is 1. The Morgan fingerprint density at radius 2 is 1.95 bits per heavy atom. The molecule has 0 aliphatic carbocycles. The summed E-state index contributed by atoms with van der Waals surface area (Å²) in [5.41, 5.74) is 2.54. The highest BCUT2D eigenvalue weighted by Crippen LogP contribution is 2.24. The second-order valence-electron chi connectivity index (χ2n) is 4.51. The van der Waals surface area contributed by atoms with E-state index in [2.05, 4.69) is 5.32 Å². The van der Waals surface area contributed by atoms with Crippen LogP contribution < -0.4 is 5.32 Å². The first kappa shape index (κ1) is 14.5. The molecule has 0 bridgehead atoms. The molecule has 0 atom stereocenters. The molecule has 0 aliphatic heterocycles. The lowest BCUT2D eigenvalue weighted by Crippen LogP contribution is -2.16. The van der Waals surface area contributed by atoms with Crippen LogP contribution in [0.4, 0.5) is 10.1 Å². The molecule has 2 nitrogen and oxygen atoms in total. The van der Waals surface area contributed by atoms with Crippen LogP contribution in [0.25, 0.3) is 0 Å². The second-order valence-corrected chi connectivity index (χ2v) is 4.92. The van der Waals surface area contributed by atoms with Crippen LogP contribution >= 0.6 is 11.6 Å². The first-order valence-electron chi connectivity index (χ1n) is 6.38. The number of aryl methyl sites for hydroxylation is 2. The Morgan fingerprint density at radius 1 is 1.25 bits per heavy atom. The van der Waals surface area contributed by atoms with Crippen LogP contribution in [0.2, 0.25) is 5.02 Å². The summed E-state index contributed by atoms with van der Waals surface area (Å²) in [6.45, 7) is 3.90. The van der Waals surface area contributed by atoms with Crippen LogP contribution in [-0.2, 0) is 6.42 Å². The Hall–Kier alpha value is -1.87. The molecular formula is C16H15ClFNO. The van der Waals surface area contributed by atoms with Gasteiger partial charge in [0.1, 0.15) is 5.82 Å². The van der Waals surface area contributed by atoms with Gasteiger partial charge in [-0.3, -0.25) is 4.79 Å². The van der Waals surface area contributed by atoms with E-state index in [9.17, 15) is 9.18 Å². The number of anilines is 1. The van der Waals surface area contributed by atoms with Gasteiger partial charge in [-0.2, -0.15) is 0 Å². The third-order valence-electron chi connectivity index (χ3n) is 3.17. The molecule has 104 valence electrons. The molecule has 1 N–H and O–H groups in total. The molecule has 2 rings (SSSR count). The average Bonchev–Trinajstić information content (AvgIpc) is 2.41. The molecule has 0 heterocycles. The van der Waals surface area contributed by atoms with Crippen molar-refractivity contribution in [2.24, 2.45) is 0 Å². The van der Waals surface area contributed by atoms with Crippen molar-refractivity contribution in [1.29, 1.82) is 0 Å². The van der Waals surface area contributed by atoms with Crippen LogP contribution in [0, 0.1) is 12.7 Å². The molecule has 0 aliphatic rings. The fraction of sp³-hybridized carbons (Fsp3) is 0.188. The molecule has 4 heteroatoms. The Bertz CT molecular complexity index is 635. The Kier molecular flexibility index (Phi) is 4.40. The first-order valence-corrected chi connectivity index (χ1v) is 6.76. The highest BCUT2D eigenvalue weighted by Gasteiger charge is 2.17. The van der Waals surface area contributed by atoms with Crippen molar-refractivity contribution in [3.8, 4) is 0 Å². The minimum absolute atomic E-state index is 0.106. The number of rotatable bonds is 3. The van der Waals surface area contributed by atoms with Gasteiger partial charge in [0.05, 0.1) is 10.6 Å². The molecule has 0 saturated carbocycles. The second kappa shape index (κ2) is 6.06. The van der Waals surface area contributed by atoms with Crippen LogP contribution in [0.1, 0.15) is 28.4 Å². The van der Waals surface area contributed by atoms with Crippen molar-refractivity contribution in [2.75, 3.05) is 5.32 Å². The van der Waals surface area contributed by atoms with Crippen molar-refractivity contribution in [3.63, 3.8) is 0 Å². The van der Waals surface area contributed by atoms with Gasteiger partial charge in [0.25, 0.3) is 5.91 Å². The molecule has 0 fully saturated rings.